The maximum absolute atomic E-state index is 12.0. The van der Waals surface area contributed by atoms with Crippen molar-refractivity contribution in [2.45, 2.75) is 26.0 Å². The van der Waals surface area contributed by atoms with Gasteiger partial charge in [-0.25, -0.2) is 9.97 Å². The van der Waals surface area contributed by atoms with Crippen molar-refractivity contribution in [2.75, 3.05) is 19.6 Å². The summed E-state index contributed by atoms with van der Waals surface area (Å²) in [6, 6.07) is 10.0. The lowest BCUT2D eigenvalue weighted by Crippen LogP contribution is -2.42. The fourth-order valence-electron chi connectivity index (χ4n) is 2.95. The molecule has 0 spiro atoms. The third kappa shape index (κ3) is 4.15. The largest absolute Gasteiger partial charge is 0.390 e. The van der Waals surface area contributed by atoms with E-state index in [2.05, 4.69) is 38.4 Å². The maximum Gasteiger partial charge on any atom is 0.270 e. The average molecular weight is 326 g/mol. The van der Waals surface area contributed by atoms with Crippen molar-refractivity contribution >= 4 is 5.91 Å². The molecular formula is C18H22N4O2. The highest BCUT2D eigenvalue weighted by atomic mass is 16.3. The topological polar surface area (TPSA) is 78.4 Å². The van der Waals surface area contributed by atoms with E-state index in [0.717, 1.165) is 25.2 Å². The maximum atomic E-state index is 12.0. The van der Waals surface area contributed by atoms with Crippen molar-refractivity contribution in [1.29, 1.82) is 0 Å². The Hall–Kier alpha value is -2.31. The number of nitrogens with one attached hydrogen (secondary N) is 1. The fraction of sp³-hybridized carbons (Fsp3) is 0.389. The number of carbonyl (C=O) groups excluding carboxylic acids is 1. The summed E-state index contributed by atoms with van der Waals surface area (Å²) < 4.78 is 0. The van der Waals surface area contributed by atoms with E-state index in [1.54, 1.807) is 6.07 Å². The highest BCUT2D eigenvalue weighted by molar-refractivity contribution is 5.92. The first-order chi connectivity index (χ1) is 11.6. The molecular weight excluding hydrogens is 304 g/mol. The van der Waals surface area contributed by atoms with Crippen molar-refractivity contribution in [2.24, 2.45) is 0 Å². The molecule has 0 fully saturated rings. The number of rotatable bonds is 5. The first-order valence-corrected chi connectivity index (χ1v) is 8.16. The number of aliphatic hydroxyl groups is 1. The van der Waals surface area contributed by atoms with E-state index >= 15 is 0 Å². The molecule has 0 saturated carbocycles. The molecule has 0 radical (unpaired) electrons. The Bertz CT molecular complexity index is 720. The number of hydrogen-bond acceptors (Lipinski definition) is 5. The van der Waals surface area contributed by atoms with Gasteiger partial charge in [-0.2, -0.15) is 0 Å². The van der Waals surface area contributed by atoms with Crippen LogP contribution in [0.25, 0.3) is 0 Å². The summed E-state index contributed by atoms with van der Waals surface area (Å²) >= 11 is 0. The Kier molecular flexibility index (Phi) is 5.17. The van der Waals surface area contributed by atoms with E-state index in [-0.39, 0.29) is 12.5 Å². The van der Waals surface area contributed by atoms with E-state index < -0.39 is 6.10 Å². The van der Waals surface area contributed by atoms with Crippen LogP contribution in [0, 0.1) is 6.92 Å². The number of amides is 1. The smallest absolute Gasteiger partial charge is 0.270 e. The van der Waals surface area contributed by atoms with Crippen molar-refractivity contribution in [1.82, 2.24) is 20.2 Å². The van der Waals surface area contributed by atoms with Crippen molar-refractivity contribution in [3.63, 3.8) is 0 Å². The number of aromatic nitrogens is 2. The van der Waals surface area contributed by atoms with Gasteiger partial charge in [-0.05, 0) is 30.5 Å². The minimum atomic E-state index is -0.609. The Balaban J connectivity index is 1.48. The minimum Gasteiger partial charge on any atom is -0.390 e. The van der Waals surface area contributed by atoms with Gasteiger partial charge in [-0.3, -0.25) is 9.69 Å². The molecule has 1 aromatic heterocycles. The van der Waals surface area contributed by atoms with Crippen LogP contribution in [0.15, 0.2) is 36.7 Å². The molecule has 0 saturated heterocycles. The quantitative estimate of drug-likeness (QED) is 0.855. The van der Waals surface area contributed by atoms with Crippen LogP contribution < -0.4 is 5.32 Å². The van der Waals surface area contributed by atoms with Crippen molar-refractivity contribution in [3.05, 3.63) is 59.2 Å². The number of hydrogen-bond donors (Lipinski definition) is 2. The second-order valence-electron chi connectivity index (χ2n) is 6.16. The molecule has 0 unspecified atom stereocenters. The van der Waals surface area contributed by atoms with E-state index in [4.69, 9.17) is 0 Å². The molecule has 1 atom stereocenters. The Morgan fingerprint density at radius 1 is 1.33 bits per heavy atom. The van der Waals surface area contributed by atoms with Gasteiger partial charge >= 0.3 is 0 Å². The molecule has 0 bridgehead atoms. The van der Waals surface area contributed by atoms with Gasteiger partial charge < -0.3 is 10.4 Å². The zero-order valence-corrected chi connectivity index (χ0v) is 13.8. The lowest BCUT2D eigenvalue weighted by atomic mass is 10.00. The van der Waals surface area contributed by atoms with Gasteiger partial charge in [0.1, 0.15) is 12.0 Å². The summed E-state index contributed by atoms with van der Waals surface area (Å²) in [5, 5.41) is 12.9. The number of aliphatic hydroxyl groups excluding tert-OH is 1. The van der Waals surface area contributed by atoms with E-state index in [1.807, 2.05) is 13.0 Å². The molecule has 2 heterocycles. The predicted molar refractivity (Wildman–Crippen MR) is 90.5 cm³/mol. The SMILES string of the molecule is Cc1cc(C(=O)NC[C@H](O)CN2CCc3ccccc3C2)ncn1. The second-order valence-corrected chi connectivity index (χ2v) is 6.16. The molecule has 6 nitrogen and oxygen atoms in total. The first kappa shape index (κ1) is 16.5. The monoisotopic (exact) mass is 326 g/mol. The van der Waals surface area contributed by atoms with Crippen LogP contribution in [0.5, 0.6) is 0 Å². The first-order valence-electron chi connectivity index (χ1n) is 8.16. The van der Waals surface area contributed by atoms with Gasteiger partial charge in [-0.15, -0.1) is 0 Å². The summed E-state index contributed by atoms with van der Waals surface area (Å²) in [5.74, 6) is -0.288. The third-order valence-electron chi connectivity index (χ3n) is 4.21. The lowest BCUT2D eigenvalue weighted by molar-refractivity contribution is 0.0838. The summed E-state index contributed by atoms with van der Waals surface area (Å²) in [4.78, 5) is 22.2. The fourth-order valence-corrected chi connectivity index (χ4v) is 2.95. The molecule has 2 N–H and O–H groups in total. The average Bonchev–Trinajstić information content (AvgIpc) is 2.59. The van der Waals surface area contributed by atoms with Crippen LogP contribution in [0.1, 0.15) is 27.3 Å². The molecule has 1 aliphatic rings. The second kappa shape index (κ2) is 7.51. The number of aryl methyl sites for hydroxylation is 1. The molecule has 2 aromatic rings. The van der Waals surface area contributed by atoms with E-state index in [9.17, 15) is 9.90 Å². The van der Waals surface area contributed by atoms with Gasteiger partial charge in [0.15, 0.2) is 0 Å². The number of carbonyl (C=O) groups is 1. The van der Waals surface area contributed by atoms with Gasteiger partial charge in [0, 0.05) is 31.9 Å². The normalized spacial score (nSPS) is 15.6. The highest BCUT2D eigenvalue weighted by Crippen LogP contribution is 2.18. The van der Waals surface area contributed by atoms with Crippen LogP contribution in [0.2, 0.25) is 0 Å². The highest BCUT2D eigenvalue weighted by Gasteiger charge is 2.19. The van der Waals surface area contributed by atoms with Crippen LogP contribution in [0.4, 0.5) is 0 Å². The lowest BCUT2D eigenvalue weighted by Gasteiger charge is -2.30. The zero-order valence-electron chi connectivity index (χ0n) is 13.8. The number of fused-ring (bicyclic) bond motifs is 1. The summed E-state index contributed by atoms with van der Waals surface area (Å²) in [7, 11) is 0. The number of nitrogens with zero attached hydrogens (tertiary/aromatic N) is 3. The predicted octanol–water partition coefficient (Wildman–Crippen LogP) is 0.934. The van der Waals surface area contributed by atoms with Crippen LogP contribution in [-0.4, -0.2) is 51.6 Å². The van der Waals surface area contributed by atoms with E-state index in [0.29, 0.717) is 12.2 Å². The number of β-amino-alcohol motifs (C(OH)–C–C–N with tert-alkyl or cyclic N) is 1. The van der Waals surface area contributed by atoms with Gasteiger partial charge in [-0.1, -0.05) is 24.3 Å². The molecule has 6 heteroatoms. The summed E-state index contributed by atoms with van der Waals surface area (Å²) in [6.07, 6.45) is 1.75. The standard InChI is InChI=1S/C18H22N4O2/c1-13-8-17(21-12-20-13)18(24)19-9-16(23)11-22-7-6-14-4-2-3-5-15(14)10-22/h2-5,8,12,16,23H,6-7,9-11H2,1H3,(H,19,24)/t16-/m0/s1. The molecule has 1 aliphatic heterocycles. The Morgan fingerprint density at radius 2 is 2.12 bits per heavy atom. The third-order valence-corrected chi connectivity index (χ3v) is 4.21. The Morgan fingerprint density at radius 3 is 2.92 bits per heavy atom. The van der Waals surface area contributed by atoms with E-state index in [1.165, 1.54) is 17.5 Å². The van der Waals surface area contributed by atoms with Crippen molar-refractivity contribution < 1.29 is 9.90 Å². The molecule has 126 valence electrons. The van der Waals surface area contributed by atoms with Gasteiger partial charge in [0.2, 0.25) is 0 Å². The van der Waals surface area contributed by atoms with Crippen molar-refractivity contribution in [3.8, 4) is 0 Å². The molecule has 1 amide bonds. The van der Waals surface area contributed by atoms with Crippen LogP contribution in [-0.2, 0) is 13.0 Å². The molecule has 24 heavy (non-hydrogen) atoms. The van der Waals surface area contributed by atoms with Crippen LogP contribution >= 0.6 is 0 Å². The number of benzene rings is 1. The summed E-state index contributed by atoms with van der Waals surface area (Å²) in [5.41, 5.74) is 3.76. The van der Waals surface area contributed by atoms with Gasteiger partial charge in [0.05, 0.1) is 6.10 Å². The molecule has 0 aliphatic carbocycles. The zero-order chi connectivity index (χ0) is 16.9. The molecule has 3 rings (SSSR count). The van der Waals surface area contributed by atoms with Gasteiger partial charge in [0.25, 0.3) is 5.91 Å². The minimum absolute atomic E-state index is 0.208. The molecule has 1 aromatic carbocycles. The summed E-state index contributed by atoms with van der Waals surface area (Å²) in [6.45, 7) is 4.32. The van der Waals surface area contributed by atoms with Crippen LogP contribution in [0.3, 0.4) is 0 Å². The Labute approximate surface area is 141 Å².